The van der Waals surface area contributed by atoms with E-state index in [0.717, 1.165) is 11.1 Å². The van der Waals surface area contributed by atoms with Crippen LogP contribution in [0.4, 0.5) is 0 Å². The minimum Gasteiger partial charge on any atom is -0.481 e. The summed E-state index contributed by atoms with van der Waals surface area (Å²) in [4.78, 5) is 35.6. The number of nitrogens with one attached hydrogen (secondary N) is 2. The molecule has 136 valence electrons. The standard InChI is InChI=1S/C20H22N2O4/c1-14-7-9-16(10-8-14)19(25)22-17(11-12-18(23)24)20(26)21-13-15-5-3-2-4-6-15/h2-10,17H,11-13H2,1H3,(H,21,26)(H,22,25)(H,23,24)/t17-/m0/s1. The molecule has 0 radical (unpaired) electrons. The number of rotatable bonds is 8. The van der Waals surface area contributed by atoms with Crippen molar-refractivity contribution >= 4 is 17.8 Å². The molecule has 3 N–H and O–H groups in total. The van der Waals surface area contributed by atoms with E-state index >= 15 is 0 Å². The molecule has 0 aromatic heterocycles. The molecule has 0 aliphatic heterocycles. The molecule has 26 heavy (non-hydrogen) atoms. The molecule has 2 rings (SSSR count). The second kappa shape index (κ2) is 9.36. The van der Waals surface area contributed by atoms with Crippen molar-refractivity contribution in [2.75, 3.05) is 0 Å². The summed E-state index contributed by atoms with van der Waals surface area (Å²) in [6.45, 7) is 2.22. The first-order valence-electron chi connectivity index (χ1n) is 8.36. The first-order valence-corrected chi connectivity index (χ1v) is 8.36. The van der Waals surface area contributed by atoms with Crippen molar-refractivity contribution in [2.45, 2.75) is 32.4 Å². The lowest BCUT2D eigenvalue weighted by atomic mass is 10.1. The van der Waals surface area contributed by atoms with E-state index in [1.165, 1.54) is 0 Å². The van der Waals surface area contributed by atoms with Gasteiger partial charge in [-0.15, -0.1) is 0 Å². The van der Waals surface area contributed by atoms with Crippen molar-refractivity contribution < 1.29 is 19.5 Å². The van der Waals surface area contributed by atoms with Crippen molar-refractivity contribution in [3.05, 3.63) is 71.3 Å². The Hall–Kier alpha value is -3.15. The largest absolute Gasteiger partial charge is 0.481 e. The predicted molar refractivity (Wildman–Crippen MR) is 97.6 cm³/mol. The SMILES string of the molecule is Cc1ccc(C(=O)N[C@@H](CCC(=O)O)C(=O)NCc2ccccc2)cc1. The molecule has 2 amide bonds. The Balaban J connectivity index is 2.01. The van der Waals surface area contributed by atoms with E-state index in [4.69, 9.17) is 5.11 Å². The molecule has 0 saturated carbocycles. The molecular weight excluding hydrogens is 332 g/mol. The van der Waals surface area contributed by atoms with Crippen LogP contribution in [0.3, 0.4) is 0 Å². The molecule has 2 aromatic carbocycles. The summed E-state index contributed by atoms with van der Waals surface area (Å²) in [5.74, 6) is -1.83. The van der Waals surface area contributed by atoms with Crippen LogP contribution in [0.5, 0.6) is 0 Å². The van der Waals surface area contributed by atoms with Gasteiger partial charge in [-0.1, -0.05) is 48.0 Å². The zero-order valence-electron chi connectivity index (χ0n) is 14.6. The van der Waals surface area contributed by atoms with Crippen LogP contribution in [0.1, 0.15) is 34.3 Å². The van der Waals surface area contributed by atoms with E-state index in [1.807, 2.05) is 37.3 Å². The van der Waals surface area contributed by atoms with E-state index in [2.05, 4.69) is 10.6 Å². The normalized spacial score (nSPS) is 11.4. The highest BCUT2D eigenvalue weighted by molar-refractivity contribution is 5.97. The molecule has 0 aliphatic rings. The number of carboxylic acids is 1. The number of carbonyl (C=O) groups is 3. The van der Waals surface area contributed by atoms with Crippen LogP contribution in [-0.4, -0.2) is 28.9 Å². The van der Waals surface area contributed by atoms with E-state index in [-0.39, 0.29) is 12.8 Å². The van der Waals surface area contributed by atoms with Crippen LogP contribution in [0.25, 0.3) is 0 Å². The number of benzene rings is 2. The van der Waals surface area contributed by atoms with E-state index < -0.39 is 23.8 Å². The number of amides is 2. The highest BCUT2D eigenvalue weighted by atomic mass is 16.4. The molecule has 6 heteroatoms. The van der Waals surface area contributed by atoms with Gasteiger partial charge in [-0.25, -0.2) is 0 Å². The molecule has 0 unspecified atom stereocenters. The molecule has 0 saturated heterocycles. The average Bonchev–Trinajstić information content (AvgIpc) is 2.64. The van der Waals surface area contributed by atoms with Gasteiger partial charge in [0.1, 0.15) is 6.04 Å². The lowest BCUT2D eigenvalue weighted by molar-refractivity contribution is -0.137. The zero-order valence-corrected chi connectivity index (χ0v) is 14.6. The Morgan fingerprint density at radius 3 is 2.27 bits per heavy atom. The summed E-state index contributed by atoms with van der Waals surface area (Å²) in [5.41, 5.74) is 2.36. The van der Waals surface area contributed by atoms with Gasteiger partial charge >= 0.3 is 5.97 Å². The molecule has 6 nitrogen and oxygen atoms in total. The first-order chi connectivity index (χ1) is 12.5. The zero-order chi connectivity index (χ0) is 18.9. The number of carboxylic acid groups (broad SMARTS) is 1. The monoisotopic (exact) mass is 354 g/mol. The number of hydrogen-bond donors (Lipinski definition) is 3. The molecule has 2 aromatic rings. The fourth-order valence-corrected chi connectivity index (χ4v) is 2.39. The number of hydrogen-bond acceptors (Lipinski definition) is 3. The third-order valence-electron chi connectivity index (χ3n) is 3.89. The topological polar surface area (TPSA) is 95.5 Å². The Morgan fingerprint density at radius 1 is 1.00 bits per heavy atom. The van der Waals surface area contributed by atoms with Gasteiger partial charge in [0.2, 0.25) is 5.91 Å². The number of carbonyl (C=O) groups excluding carboxylic acids is 2. The summed E-state index contributed by atoms with van der Waals surface area (Å²) in [6, 6.07) is 15.4. The lowest BCUT2D eigenvalue weighted by Crippen LogP contribution is -2.46. The van der Waals surface area contributed by atoms with Crippen molar-refractivity contribution in [3.8, 4) is 0 Å². The Kier molecular flexibility index (Phi) is 6.91. The van der Waals surface area contributed by atoms with Crippen molar-refractivity contribution in [1.29, 1.82) is 0 Å². The Morgan fingerprint density at radius 2 is 1.65 bits per heavy atom. The predicted octanol–water partition coefficient (Wildman–Crippen LogP) is 2.27. The van der Waals surface area contributed by atoms with Crippen molar-refractivity contribution in [3.63, 3.8) is 0 Å². The number of aliphatic carboxylic acids is 1. The Bertz CT molecular complexity index is 757. The first kappa shape index (κ1) is 19.2. The summed E-state index contributed by atoms with van der Waals surface area (Å²) in [5, 5.41) is 14.3. The van der Waals surface area contributed by atoms with Crippen LogP contribution in [-0.2, 0) is 16.1 Å². The van der Waals surface area contributed by atoms with Crippen LogP contribution in [0.15, 0.2) is 54.6 Å². The third kappa shape index (κ3) is 6.05. The summed E-state index contributed by atoms with van der Waals surface area (Å²) < 4.78 is 0. The van der Waals surface area contributed by atoms with Crippen LogP contribution in [0.2, 0.25) is 0 Å². The Labute approximate surface area is 152 Å². The molecule has 0 heterocycles. The molecule has 0 aliphatic carbocycles. The van der Waals surface area contributed by atoms with Gasteiger partial charge in [-0.3, -0.25) is 14.4 Å². The van der Waals surface area contributed by atoms with Gasteiger partial charge in [0, 0.05) is 18.5 Å². The quantitative estimate of drug-likeness (QED) is 0.678. The van der Waals surface area contributed by atoms with Gasteiger partial charge in [0.25, 0.3) is 5.91 Å². The van der Waals surface area contributed by atoms with Gasteiger partial charge < -0.3 is 15.7 Å². The smallest absolute Gasteiger partial charge is 0.303 e. The highest BCUT2D eigenvalue weighted by Gasteiger charge is 2.22. The average molecular weight is 354 g/mol. The second-order valence-electron chi connectivity index (χ2n) is 6.03. The van der Waals surface area contributed by atoms with Crippen molar-refractivity contribution in [1.82, 2.24) is 10.6 Å². The van der Waals surface area contributed by atoms with Gasteiger partial charge in [-0.05, 0) is 31.0 Å². The van der Waals surface area contributed by atoms with Crippen LogP contribution >= 0.6 is 0 Å². The lowest BCUT2D eigenvalue weighted by Gasteiger charge is -2.18. The van der Waals surface area contributed by atoms with Crippen LogP contribution < -0.4 is 10.6 Å². The van der Waals surface area contributed by atoms with Crippen molar-refractivity contribution in [2.24, 2.45) is 0 Å². The fourth-order valence-electron chi connectivity index (χ4n) is 2.39. The van der Waals surface area contributed by atoms with E-state index in [1.54, 1.807) is 24.3 Å². The van der Waals surface area contributed by atoms with Crippen LogP contribution in [0, 0.1) is 6.92 Å². The molecule has 0 bridgehead atoms. The van der Waals surface area contributed by atoms with Gasteiger partial charge in [0.15, 0.2) is 0 Å². The van der Waals surface area contributed by atoms with E-state index in [9.17, 15) is 14.4 Å². The third-order valence-corrected chi connectivity index (χ3v) is 3.89. The fraction of sp³-hybridized carbons (Fsp3) is 0.250. The highest BCUT2D eigenvalue weighted by Crippen LogP contribution is 2.06. The van der Waals surface area contributed by atoms with Gasteiger partial charge in [0.05, 0.1) is 0 Å². The second-order valence-corrected chi connectivity index (χ2v) is 6.03. The number of aryl methyl sites for hydroxylation is 1. The van der Waals surface area contributed by atoms with Gasteiger partial charge in [-0.2, -0.15) is 0 Å². The molecule has 0 fully saturated rings. The molecule has 0 spiro atoms. The van der Waals surface area contributed by atoms with E-state index in [0.29, 0.717) is 12.1 Å². The molecular formula is C20H22N2O4. The minimum atomic E-state index is -1.02. The minimum absolute atomic E-state index is 0.0214. The summed E-state index contributed by atoms with van der Waals surface area (Å²) in [6.07, 6.45) is -0.189. The maximum Gasteiger partial charge on any atom is 0.303 e. The summed E-state index contributed by atoms with van der Waals surface area (Å²) in [7, 11) is 0. The maximum atomic E-state index is 12.4. The summed E-state index contributed by atoms with van der Waals surface area (Å²) >= 11 is 0. The maximum absolute atomic E-state index is 12.4. The molecule has 1 atom stereocenters.